The number of carbonyl (C=O) groups is 1. The molecule has 0 spiro atoms. The van der Waals surface area contributed by atoms with E-state index in [9.17, 15) is 4.79 Å². The van der Waals surface area contributed by atoms with Crippen molar-refractivity contribution in [2.24, 2.45) is 0 Å². The number of amides is 1. The summed E-state index contributed by atoms with van der Waals surface area (Å²) in [4.78, 5) is 11.4. The summed E-state index contributed by atoms with van der Waals surface area (Å²) in [6.45, 7) is 5.37. The molecule has 0 aromatic heterocycles. The summed E-state index contributed by atoms with van der Waals surface area (Å²) in [6, 6.07) is 6.81. The molecule has 0 bridgehead atoms. The lowest BCUT2D eigenvalue weighted by Crippen LogP contribution is -2.21. The molecule has 1 aromatic rings. The number of fused-ring (bicyclic) bond motifs is 1. The first kappa shape index (κ1) is 15.0. The third-order valence-corrected chi connectivity index (χ3v) is 3.95. The summed E-state index contributed by atoms with van der Waals surface area (Å²) in [5.74, 6) is 0.111. The fourth-order valence-corrected chi connectivity index (χ4v) is 2.87. The number of benzene rings is 1. The van der Waals surface area contributed by atoms with Gasteiger partial charge in [0.15, 0.2) is 0 Å². The molecule has 1 aliphatic heterocycles. The van der Waals surface area contributed by atoms with E-state index in [0.717, 1.165) is 17.8 Å². The van der Waals surface area contributed by atoms with Gasteiger partial charge in [-0.1, -0.05) is 51.7 Å². The van der Waals surface area contributed by atoms with Gasteiger partial charge in [-0.2, -0.15) is 0 Å². The number of rotatable bonds is 8. The summed E-state index contributed by atoms with van der Waals surface area (Å²) in [6.07, 6.45) is 6.87. The van der Waals surface area contributed by atoms with Crippen molar-refractivity contribution in [3.8, 4) is 0 Å². The molecule has 0 radical (unpaired) electrons. The van der Waals surface area contributed by atoms with Gasteiger partial charge in [-0.25, -0.2) is 0 Å². The predicted octanol–water partition coefficient (Wildman–Crippen LogP) is 3.80. The van der Waals surface area contributed by atoms with Gasteiger partial charge in [0.25, 0.3) is 0 Å². The summed E-state index contributed by atoms with van der Waals surface area (Å²) >= 11 is 0. The Balaban J connectivity index is 2.01. The lowest BCUT2D eigenvalue weighted by molar-refractivity contribution is -0.115. The first-order chi connectivity index (χ1) is 9.74. The minimum absolute atomic E-state index is 0.111. The minimum atomic E-state index is 0.111. The van der Waals surface area contributed by atoms with Gasteiger partial charge in [-0.15, -0.1) is 0 Å². The summed E-state index contributed by atoms with van der Waals surface area (Å²) in [5, 5.41) is 6.47. The molecule has 1 atom stereocenters. The molecule has 2 N–H and O–H groups in total. The average Bonchev–Trinajstić information content (AvgIpc) is 2.81. The van der Waals surface area contributed by atoms with Crippen LogP contribution in [0.15, 0.2) is 18.2 Å². The van der Waals surface area contributed by atoms with Crippen LogP contribution in [0.1, 0.15) is 63.1 Å². The predicted molar refractivity (Wildman–Crippen MR) is 84.0 cm³/mol. The highest BCUT2D eigenvalue weighted by atomic mass is 16.1. The molecule has 3 heteroatoms. The maximum atomic E-state index is 11.4. The van der Waals surface area contributed by atoms with Crippen molar-refractivity contribution in [3.63, 3.8) is 0 Å². The van der Waals surface area contributed by atoms with Crippen LogP contribution in [-0.2, 0) is 11.2 Å². The Morgan fingerprint density at radius 1 is 1.25 bits per heavy atom. The highest BCUT2D eigenvalue weighted by molar-refractivity contribution is 5.99. The zero-order chi connectivity index (χ0) is 14.4. The van der Waals surface area contributed by atoms with E-state index in [1.54, 1.807) is 0 Å². The average molecular weight is 274 g/mol. The first-order valence-electron chi connectivity index (χ1n) is 7.90. The molecule has 20 heavy (non-hydrogen) atoms. The van der Waals surface area contributed by atoms with Gasteiger partial charge in [-0.05, 0) is 30.2 Å². The van der Waals surface area contributed by atoms with Crippen molar-refractivity contribution >= 4 is 11.6 Å². The largest absolute Gasteiger partial charge is 0.326 e. The topological polar surface area (TPSA) is 41.1 Å². The number of anilines is 1. The molecule has 1 unspecified atom stereocenters. The SMILES string of the molecule is CCCCCCC(NCC)c1ccc2c(c1)CC(=O)N2. The van der Waals surface area contributed by atoms with Crippen LogP contribution in [0.25, 0.3) is 0 Å². The molecule has 0 fully saturated rings. The second-order valence-electron chi connectivity index (χ2n) is 5.60. The Hall–Kier alpha value is -1.35. The number of hydrogen-bond donors (Lipinski definition) is 2. The summed E-state index contributed by atoms with van der Waals surface area (Å²) in [5.41, 5.74) is 3.45. The van der Waals surface area contributed by atoms with Crippen LogP contribution in [0, 0.1) is 0 Å². The first-order valence-corrected chi connectivity index (χ1v) is 7.90. The van der Waals surface area contributed by atoms with E-state index in [4.69, 9.17) is 0 Å². The van der Waals surface area contributed by atoms with Crippen LogP contribution in [-0.4, -0.2) is 12.5 Å². The standard InChI is InChI=1S/C17H26N2O/c1-3-5-6-7-8-15(18-4-2)13-9-10-16-14(11-13)12-17(20)19-16/h9-11,15,18H,3-8,12H2,1-2H3,(H,19,20). The van der Waals surface area contributed by atoms with E-state index in [1.807, 2.05) is 6.07 Å². The zero-order valence-electron chi connectivity index (χ0n) is 12.7. The third-order valence-electron chi connectivity index (χ3n) is 3.95. The maximum Gasteiger partial charge on any atom is 0.228 e. The van der Waals surface area contributed by atoms with Crippen LogP contribution in [0.5, 0.6) is 0 Å². The van der Waals surface area contributed by atoms with Crippen LogP contribution < -0.4 is 10.6 Å². The van der Waals surface area contributed by atoms with E-state index in [0.29, 0.717) is 12.5 Å². The molecule has 1 heterocycles. The van der Waals surface area contributed by atoms with Gasteiger partial charge in [0.1, 0.15) is 0 Å². The zero-order valence-corrected chi connectivity index (χ0v) is 12.7. The molecular formula is C17H26N2O. The Morgan fingerprint density at radius 3 is 2.85 bits per heavy atom. The smallest absolute Gasteiger partial charge is 0.228 e. The van der Waals surface area contributed by atoms with Crippen molar-refractivity contribution in [1.29, 1.82) is 0 Å². The van der Waals surface area contributed by atoms with Crippen molar-refractivity contribution in [3.05, 3.63) is 29.3 Å². The van der Waals surface area contributed by atoms with Gasteiger partial charge in [-0.3, -0.25) is 4.79 Å². The quantitative estimate of drug-likeness (QED) is 0.708. The molecule has 2 rings (SSSR count). The molecule has 3 nitrogen and oxygen atoms in total. The number of unbranched alkanes of at least 4 members (excludes halogenated alkanes) is 3. The molecular weight excluding hydrogens is 248 g/mol. The molecule has 0 saturated carbocycles. The Labute approximate surface area is 122 Å². The lowest BCUT2D eigenvalue weighted by atomic mass is 9.97. The number of nitrogens with one attached hydrogen (secondary N) is 2. The van der Waals surface area contributed by atoms with Crippen LogP contribution >= 0.6 is 0 Å². The van der Waals surface area contributed by atoms with Gasteiger partial charge in [0, 0.05) is 11.7 Å². The Morgan fingerprint density at radius 2 is 2.10 bits per heavy atom. The second kappa shape index (κ2) is 7.44. The van der Waals surface area contributed by atoms with Crippen molar-refractivity contribution in [1.82, 2.24) is 5.32 Å². The number of hydrogen-bond acceptors (Lipinski definition) is 2. The van der Waals surface area contributed by atoms with E-state index in [-0.39, 0.29) is 5.91 Å². The highest BCUT2D eigenvalue weighted by Crippen LogP contribution is 2.28. The second-order valence-corrected chi connectivity index (χ2v) is 5.60. The lowest BCUT2D eigenvalue weighted by Gasteiger charge is -2.19. The van der Waals surface area contributed by atoms with Crippen LogP contribution in [0.4, 0.5) is 5.69 Å². The van der Waals surface area contributed by atoms with Crippen LogP contribution in [0.3, 0.4) is 0 Å². The fourth-order valence-electron chi connectivity index (χ4n) is 2.87. The maximum absolute atomic E-state index is 11.4. The fraction of sp³-hybridized carbons (Fsp3) is 0.588. The minimum Gasteiger partial charge on any atom is -0.326 e. The van der Waals surface area contributed by atoms with E-state index >= 15 is 0 Å². The molecule has 1 amide bonds. The van der Waals surface area contributed by atoms with Gasteiger partial charge >= 0.3 is 0 Å². The number of carbonyl (C=O) groups excluding carboxylic acids is 1. The molecule has 110 valence electrons. The van der Waals surface area contributed by atoms with Crippen LogP contribution in [0.2, 0.25) is 0 Å². The third kappa shape index (κ3) is 3.83. The summed E-state index contributed by atoms with van der Waals surface area (Å²) in [7, 11) is 0. The van der Waals surface area contributed by atoms with Crippen molar-refractivity contribution < 1.29 is 4.79 Å². The van der Waals surface area contributed by atoms with Gasteiger partial charge < -0.3 is 10.6 Å². The van der Waals surface area contributed by atoms with Crippen molar-refractivity contribution in [2.75, 3.05) is 11.9 Å². The molecule has 0 aliphatic carbocycles. The van der Waals surface area contributed by atoms with Crippen molar-refractivity contribution in [2.45, 2.75) is 58.4 Å². The van der Waals surface area contributed by atoms with E-state index < -0.39 is 0 Å². The van der Waals surface area contributed by atoms with Gasteiger partial charge in [0.05, 0.1) is 6.42 Å². The molecule has 1 aromatic carbocycles. The Kier molecular flexibility index (Phi) is 5.60. The van der Waals surface area contributed by atoms with Gasteiger partial charge in [0.2, 0.25) is 5.91 Å². The monoisotopic (exact) mass is 274 g/mol. The Bertz CT molecular complexity index is 456. The highest BCUT2D eigenvalue weighted by Gasteiger charge is 2.19. The van der Waals surface area contributed by atoms with E-state index in [1.165, 1.54) is 37.7 Å². The normalized spacial score (nSPS) is 15.0. The molecule has 0 saturated heterocycles. The molecule has 1 aliphatic rings. The summed E-state index contributed by atoms with van der Waals surface area (Å²) < 4.78 is 0. The van der Waals surface area contributed by atoms with E-state index in [2.05, 4.69) is 36.6 Å².